The molecule has 0 radical (unpaired) electrons. The Morgan fingerprint density at radius 3 is 2.50 bits per heavy atom. The van der Waals surface area contributed by atoms with Crippen molar-refractivity contribution in [2.45, 2.75) is 63.1 Å². The van der Waals surface area contributed by atoms with Crippen molar-refractivity contribution in [3.8, 4) is 0 Å². The van der Waals surface area contributed by atoms with E-state index in [9.17, 15) is 24.6 Å². The average molecular weight is 358 g/mol. The van der Waals surface area contributed by atoms with E-state index in [1.807, 2.05) is 0 Å². The summed E-state index contributed by atoms with van der Waals surface area (Å²) in [5, 5.41) is 21.8. The van der Waals surface area contributed by atoms with Crippen molar-refractivity contribution >= 4 is 30.4 Å². The van der Waals surface area contributed by atoms with Gasteiger partial charge in [-0.3, -0.25) is 9.59 Å². The highest BCUT2D eigenvalue weighted by atomic mass is 32.1. The number of aliphatic carboxylic acids is 1. The normalized spacial score (nSPS) is 32.2. The standard InChI is InChI=1S/C16H26N2O5S/c19-11-7-13(16(22)23)18(8-11)15(21)12-6-4-2-1-3-5-10(9-24)14(20)17-12/h10-13,19,24H,1-9H2,(H,17,20)(H,22,23)/t10?,11-,12?,13+/m1/s1. The molecule has 2 rings (SSSR count). The van der Waals surface area contributed by atoms with Crippen LogP contribution >= 0.6 is 12.6 Å². The Labute approximate surface area is 147 Å². The first-order valence-electron chi connectivity index (χ1n) is 8.56. The van der Waals surface area contributed by atoms with Gasteiger partial charge in [-0.15, -0.1) is 0 Å². The molecule has 2 aliphatic rings. The predicted octanol–water partition coefficient (Wildman–Crippen LogP) is 0.418. The zero-order valence-electron chi connectivity index (χ0n) is 13.7. The number of thiol groups is 1. The Morgan fingerprint density at radius 2 is 1.88 bits per heavy atom. The van der Waals surface area contributed by atoms with Crippen LogP contribution in [0.25, 0.3) is 0 Å². The first kappa shape index (κ1) is 19.1. The third kappa shape index (κ3) is 4.63. The molecule has 136 valence electrons. The molecule has 7 nitrogen and oxygen atoms in total. The topological polar surface area (TPSA) is 107 Å². The van der Waals surface area contributed by atoms with E-state index < -0.39 is 30.1 Å². The summed E-state index contributed by atoms with van der Waals surface area (Å²) in [7, 11) is 0. The molecule has 4 atom stereocenters. The molecule has 2 heterocycles. The van der Waals surface area contributed by atoms with Gasteiger partial charge in [-0.1, -0.05) is 25.7 Å². The third-order valence-electron chi connectivity index (χ3n) is 4.85. The number of carbonyl (C=O) groups is 3. The second kappa shape index (κ2) is 8.71. The molecule has 8 heteroatoms. The highest BCUT2D eigenvalue weighted by Crippen LogP contribution is 2.22. The molecule has 2 saturated heterocycles. The van der Waals surface area contributed by atoms with Crippen molar-refractivity contribution in [1.29, 1.82) is 0 Å². The number of β-amino-alcohol motifs (C(OH)–C–C–N with tert-alkyl or cyclic N) is 1. The maximum absolute atomic E-state index is 12.8. The maximum Gasteiger partial charge on any atom is 0.326 e. The van der Waals surface area contributed by atoms with Crippen LogP contribution in [-0.4, -0.2) is 63.4 Å². The second-order valence-corrected chi connectivity index (χ2v) is 7.03. The van der Waals surface area contributed by atoms with Gasteiger partial charge in [-0.2, -0.15) is 12.6 Å². The number of carboxylic acids is 1. The number of nitrogens with one attached hydrogen (secondary N) is 1. The smallest absolute Gasteiger partial charge is 0.326 e. The minimum atomic E-state index is -1.13. The molecule has 0 bridgehead atoms. The lowest BCUT2D eigenvalue weighted by molar-refractivity contribution is -0.149. The monoisotopic (exact) mass is 358 g/mol. The van der Waals surface area contributed by atoms with Crippen LogP contribution in [0.5, 0.6) is 0 Å². The van der Waals surface area contributed by atoms with Gasteiger partial charge in [0.15, 0.2) is 0 Å². The molecular weight excluding hydrogens is 332 g/mol. The summed E-state index contributed by atoms with van der Waals surface area (Å²) < 4.78 is 0. The SMILES string of the molecule is O=C1NC(C(=O)N2C[C@H](O)C[C@H]2C(=O)O)CCCCCCC1CS. The van der Waals surface area contributed by atoms with E-state index in [-0.39, 0.29) is 24.8 Å². The summed E-state index contributed by atoms with van der Waals surface area (Å²) >= 11 is 4.22. The van der Waals surface area contributed by atoms with Crippen LogP contribution in [0.4, 0.5) is 0 Å². The maximum atomic E-state index is 12.8. The minimum absolute atomic E-state index is 0.00182. The average Bonchev–Trinajstić information content (AvgIpc) is 2.94. The van der Waals surface area contributed by atoms with Gasteiger partial charge < -0.3 is 20.4 Å². The van der Waals surface area contributed by atoms with E-state index in [0.717, 1.165) is 32.1 Å². The molecule has 2 unspecified atom stereocenters. The summed E-state index contributed by atoms with van der Waals surface area (Å²) in [4.78, 5) is 37.7. The zero-order valence-corrected chi connectivity index (χ0v) is 14.6. The molecule has 2 amide bonds. The summed E-state index contributed by atoms with van der Waals surface area (Å²) in [6, 6.07) is -1.76. The zero-order chi connectivity index (χ0) is 17.7. The summed E-state index contributed by atoms with van der Waals surface area (Å²) in [5.41, 5.74) is 0. The van der Waals surface area contributed by atoms with Crippen molar-refractivity contribution in [3.05, 3.63) is 0 Å². The lowest BCUT2D eigenvalue weighted by atomic mass is 9.97. The molecule has 2 aliphatic heterocycles. The van der Waals surface area contributed by atoms with Crippen LogP contribution in [-0.2, 0) is 14.4 Å². The fraction of sp³-hybridized carbons (Fsp3) is 0.812. The molecule has 3 N–H and O–H groups in total. The van der Waals surface area contributed by atoms with Crippen LogP contribution in [0.1, 0.15) is 44.9 Å². The van der Waals surface area contributed by atoms with Gasteiger partial charge in [0.05, 0.1) is 6.10 Å². The molecular formula is C16H26N2O5S. The Balaban J connectivity index is 2.11. The van der Waals surface area contributed by atoms with Crippen LogP contribution in [0, 0.1) is 5.92 Å². The number of hydrogen-bond acceptors (Lipinski definition) is 5. The number of rotatable bonds is 3. The van der Waals surface area contributed by atoms with Gasteiger partial charge in [0.1, 0.15) is 12.1 Å². The molecule has 0 saturated carbocycles. The summed E-state index contributed by atoms with van der Waals surface area (Å²) in [6.45, 7) is -0.00182. The highest BCUT2D eigenvalue weighted by molar-refractivity contribution is 7.80. The van der Waals surface area contributed by atoms with Crippen molar-refractivity contribution < 1.29 is 24.6 Å². The first-order chi connectivity index (χ1) is 11.4. The quantitative estimate of drug-likeness (QED) is 0.547. The number of nitrogens with zero attached hydrogens (tertiary/aromatic N) is 1. The lowest BCUT2D eigenvalue weighted by Crippen LogP contribution is -2.53. The van der Waals surface area contributed by atoms with Crippen molar-refractivity contribution in [2.24, 2.45) is 5.92 Å². The molecule has 0 aliphatic carbocycles. The first-order valence-corrected chi connectivity index (χ1v) is 9.20. The molecule has 24 heavy (non-hydrogen) atoms. The predicted molar refractivity (Wildman–Crippen MR) is 90.7 cm³/mol. The van der Waals surface area contributed by atoms with E-state index in [4.69, 9.17) is 0 Å². The largest absolute Gasteiger partial charge is 0.480 e. The number of likely N-dealkylation sites (tertiary alicyclic amines) is 1. The third-order valence-corrected chi connectivity index (χ3v) is 5.29. The molecule has 0 aromatic heterocycles. The Hall–Kier alpha value is -1.28. The van der Waals surface area contributed by atoms with E-state index in [2.05, 4.69) is 17.9 Å². The second-order valence-electron chi connectivity index (χ2n) is 6.67. The number of carbonyl (C=O) groups excluding carboxylic acids is 2. The minimum Gasteiger partial charge on any atom is -0.480 e. The van der Waals surface area contributed by atoms with E-state index >= 15 is 0 Å². The van der Waals surface area contributed by atoms with Crippen LogP contribution < -0.4 is 5.32 Å². The molecule has 0 aromatic rings. The van der Waals surface area contributed by atoms with Gasteiger partial charge in [-0.25, -0.2) is 4.79 Å². The highest BCUT2D eigenvalue weighted by Gasteiger charge is 2.41. The van der Waals surface area contributed by atoms with Crippen molar-refractivity contribution in [2.75, 3.05) is 12.3 Å². The lowest BCUT2D eigenvalue weighted by Gasteiger charge is -2.29. The number of carboxylic acid groups (broad SMARTS) is 1. The van der Waals surface area contributed by atoms with Crippen LogP contribution in [0.2, 0.25) is 0 Å². The van der Waals surface area contributed by atoms with E-state index in [1.165, 1.54) is 4.90 Å². The van der Waals surface area contributed by atoms with Crippen molar-refractivity contribution in [3.63, 3.8) is 0 Å². The fourth-order valence-electron chi connectivity index (χ4n) is 3.44. The Morgan fingerprint density at radius 1 is 1.21 bits per heavy atom. The van der Waals surface area contributed by atoms with Gasteiger partial charge in [-0.05, 0) is 12.8 Å². The molecule has 0 spiro atoms. The van der Waals surface area contributed by atoms with Crippen molar-refractivity contribution in [1.82, 2.24) is 10.2 Å². The van der Waals surface area contributed by atoms with E-state index in [0.29, 0.717) is 12.2 Å². The van der Waals surface area contributed by atoms with Gasteiger partial charge in [0.2, 0.25) is 11.8 Å². The van der Waals surface area contributed by atoms with Crippen LogP contribution in [0.3, 0.4) is 0 Å². The molecule has 2 fully saturated rings. The Kier molecular flexibility index (Phi) is 6.91. The number of amides is 2. The van der Waals surface area contributed by atoms with Gasteiger partial charge in [0.25, 0.3) is 0 Å². The van der Waals surface area contributed by atoms with Gasteiger partial charge in [0, 0.05) is 24.6 Å². The van der Waals surface area contributed by atoms with E-state index in [1.54, 1.807) is 0 Å². The summed E-state index contributed by atoms with van der Waals surface area (Å²) in [6.07, 6.45) is 4.19. The molecule has 0 aromatic carbocycles. The fourth-order valence-corrected chi connectivity index (χ4v) is 3.79. The van der Waals surface area contributed by atoms with Gasteiger partial charge >= 0.3 is 5.97 Å². The number of hydrogen-bond donors (Lipinski definition) is 4. The number of aliphatic hydroxyl groups is 1. The number of aliphatic hydroxyl groups excluding tert-OH is 1. The van der Waals surface area contributed by atoms with Crippen LogP contribution in [0.15, 0.2) is 0 Å². The summed E-state index contributed by atoms with van der Waals surface area (Å²) in [5.74, 6) is -1.55. The Bertz CT molecular complexity index is 487.